The number of para-hydroxylation sites is 1. The molecule has 2 aromatic rings. The molecule has 0 bridgehead atoms. The van der Waals surface area contributed by atoms with Gasteiger partial charge in [-0.15, -0.1) is 0 Å². The second-order valence-electron chi connectivity index (χ2n) is 3.82. The van der Waals surface area contributed by atoms with Gasteiger partial charge in [0, 0.05) is 0 Å². The predicted octanol–water partition coefficient (Wildman–Crippen LogP) is 2.28. The van der Waals surface area contributed by atoms with Crippen molar-refractivity contribution in [1.29, 1.82) is 0 Å². The van der Waals surface area contributed by atoms with Crippen molar-refractivity contribution < 1.29 is 0 Å². The molecule has 1 aromatic heterocycles. The lowest BCUT2D eigenvalue weighted by molar-refractivity contribution is 0.719. The van der Waals surface area contributed by atoms with Crippen LogP contribution in [0.1, 0.15) is 31.7 Å². The van der Waals surface area contributed by atoms with Gasteiger partial charge in [-0.05, 0) is 24.5 Å². The Kier molecular flexibility index (Phi) is 2.90. The number of aryl methyl sites for hydroxylation is 1. The maximum Gasteiger partial charge on any atom is 0.197 e. The topological polar surface area (TPSA) is 43.8 Å². The number of imidazole rings is 1. The van der Waals surface area contributed by atoms with Crippen LogP contribution in [0.2, 0.25) is 0 Å². The lowest BCUT2D eigenvalue weighted by atomic mass is 10.1. The number of aromatic nitrogens is 2. The van der Waals surface area contributed by atoms with Gasteiger partial charge in [-0.3, -0.25) is 0 Å². The molecule has 0 saturated heterocycles. The molecule has 3 nitrogen and oxygen atoms in total. The average Bonchev–Trinajstić information content (AvgIpc) is 2.62. The molecule has 0 aliphatic heterocycles. The summed E-state index contributed by atoms with van der Waals surface area (Å²) in [7, 11) is 0. The molecule has 1 radical (unpaired) electrons. The lowest BCUT2D eigenvalue weighted by Gasteiger charge is -2.02. The summed E-state index contributed by atoms with van der Waals surface area (Å²) in [4.78, 5) is 4.21. The number of unbranched alkanes of at least 4 members (excludes halogenated alkanes) is 2. The Morgan fingerprint density at radius 3 is 3.07 bits per heavy atom. The van der Waals surface area contributed by atoms with Crippen LogP contribution in [0, 0.1) is 6.33 Å². The molecule has 0 unspecified atom stereocenters. The Hall–Kier alpha value is -1.51. The van der Waals surface area contributed by atoms with E-state index in [-0.39, 0.29) is 0 Å². The van der Waals surface area contributed by atoms with E-state index in [2.05, 4.69) is 24.3 Å². The molecule has 0 fully saturated rings. The van der Waals surface area contributed by atoms with Gasteiger partial charge in [-0.25, -0.2) is 9.66 Å². The Bertz CT molecular complexity index is 445. The number of hydrogen-bond acceptors (Lipinski definition) is 2. The van der Waals surface area contributed by atoms with Crippen molar-refractivity contribution in [3.8, 4) is 0 Å². The van der Waals surface area contributed by atoms with Crippen LogP contribution >= 0.6 is 0 Å². The van der Waals surface area contributed by atoms with Crippen LogP contribution in [-0.2, 0) is 6.42 Å². The third-order valence-corrected chi connectivity index (χ3v) is 2.68. The third-order valence-electron chi connectivity index (χ3n) is 2.68. The van der Waals surface area contributed by atoms with Gasteiger partial charge in [0.1, 0.15) is 0 Å². The van der Waals surface area contributed by atoms with Gasteiger partial charge in [-0.1, -0.05) is 31.9 Å². The fourth-order valence-electron chi connectivity index (χ4n) is 1.83. The van der Waals surface area contributed by atoms with Gasteiger partial charge in [0.25, 0.3) is 0 Å². The van der Waals surface area contributed by atoms with Crippen LogP contribution in [-0.4, -0.2) is 9.66 Å². The number of hydrogen-bond donors (Lipinski definition) is 1. The summed E-state index contributed by atoms with van der Waals surface area (Å²) in [6, 6.07) is 6.13. The average molecular weight is 202 g/mol. The lowest BCUT2D eigenvalue weighted by Crippen LogP contribution is -2.05. The van der Waals surface area contributed by atoms with E-state index in [0.717, 1.165) is 17.5 Å². The predicted molar refractivity (Wildman–Crippen MR) is 61.9 cm³/mol. The van der Waals surface area contributed by atoms with Crippen molar-refractivity contribution in [2.24, 2.45) is 0 Å². The van der Waals surface area contributed by atoms with Gasteiger partial charge in [0.15, 0.2) is 6.33 Å². The fraction of sp³-hybridized carbons (Fsp3) is 0.417. The van der Waals surface area contributed by atoms with E-state index < -0.39 is 0 Å². The molecule has 0 aliphatic rings. The fourth-order valence-corrected chi connectivity index (χ4v) is 1.83. The molecule has 0 spiro atoms. The molecular weight excluding hydrogens is 186 g/mol. The van der Waals surface area contributed by atoms with Crippen LogP contribution < -0.4 is 5.84 Å². The zero-order valence-corrected chi connectivity index (χ0v) is 9.03. The van der Waals surface area contributed by atoms with Gasteiger partial charge in [-0.2, -0.15) is 0 Å². The summed E-state index contributed by atoms with van der Waals surface area (Å²) in [5, 5.41) is 0. The molecule has 79 valence electrons. The van der Waals surface area contributed by atoms with Gasteiger partial charge in [0.2, 0.25) is 0 Å². The zero-order chi connectivity index (χ0) is 10.7. The minimum absolute atomic E-state index is 0.962. The first-order chi connectivity index (χ1) is 7.33. The first-order valence-electron chi connectivity index (χ1n) is 5.46. The van der Waals surface area contributed by atoms with E-state index in [1.165, 1.54) is 29.5 Å². The number of nitrogen functional groups attached to an aromatic ring is 1. The standard InChI is InChI=1S/C12H16N3/c1-2-3-4-6-10-7-5-8-11-12(10)14-9-15(11)13/h5,7-8H,2-4,6,13H2,1H3. The van der Waals surface area contributed by atoms with Crippen LogP contribution in [0.15, 0.2) is 18.2 Å². The van der Waals surface area contributed by atoms with Crippen LogP contribution in [0.25, 0.3) is 11.0 Å². The second kappa shape index (κ2) is 4.34. The minimum Gasteiger partial charge on any atom is -0.337 e. The highest BCUT2D eigenvalue weighted by molar-refractivity contribution is 5.78. The van der Waals surface area contributed by atoms with Gasteiger partial charge >= 0.3 is 0 Å². The third kappa shape index (κ3) is 1.96. The number of fused-ring (bicyclic) bond motifs is 1. The van der Waals surface area contributed by atoms with Crippen molar-refractivity contribution in [2.75, 3.05) is 5.84 Å². The number of benzene rings is 1. The Balaban J connectivity index is 2.26. The SMILES string of the molecule is CCCCCc1cccc2c1n[c]n2N. The van der Waals surface area contributed by atoms with Crippen molar-refractivity contribution in [1.82, 2.24) is 9.66 Å². The van der Waals surface area contributed by atoms with E-state index in [0.29, 0.717) is 0 Å². The van der Waals surface area contributed by atoms with Crippen molar-refractivity contribution in [3.05, 3.63) is 30.1 Å². The van der Waals surface area contributed by atoms with Crippen molar-refractivity contribution in [2.45, 2.75) is 32.6 Å². The molecule has 0 saturated carbocycles. The van der Waals surface area contributed by atoms with E-state index in [1.54, 1.807) is 0 Å². The summed E-state index contributed by atoms with van der Waals surface area (Å²) < 4.78 is 1.46. The molecule has 2 rings (SSSR count). The summed E-state index contributed by atoms with van der Waals surface area (Å²) >= 11 is 0. The molecular formula is C12H16N3. The quantitative estimate of drug-likeness (QED) is 0.610. The Morgan fingerprint density at radius 1 is 1.40 bits per heavy atom. The molecule has 3 heteroatoms. The van der Waals surface area contributed by atoms with Gasteiger partial charge < -0.3 is 5.84 Å². The smallest absolute Gasteiger partial charge is 0.197 e. The maximum atomic E-state index is 5.70. The Morgan fingerprint density at radius 2 is 2.27 bits per heavy atom. The van der Waals surface area contributed by atoms with E-state index in [1.807, 2.05) is 12.1 Å². The Labute approximate surface area is 89.9 Å². The van der Waals surface area contributed by atoms with Crippen molar-refractivity contribution >= 4 is 11.0 Å². The van der Waals surface area contributed by atoms with Crippen LogP contribution in [0.4, 0.5) is 0 Å². The van der Waals surface area contributed by atoms with Crippen LogP contribution in [0.3, 0.4) is 0 Å². The van der Waals surface area contributed by atoms with E-state index in [4.69, 9.17) is 5.84 Å². The highest BCUT2D eigenvalue weighted by Crippen LogP contribution is 2.17. The highest BCUT2D eigenvalue weighted by Gasteiger charge is 2.05. The highest BCUT2D eigenvalue weighted by atomic mass is 15.3. The molecule has 1 heterocycles. The molecule has 0 aliphatic carbocycles. The molecule has 2 N–H and O–H groups in total. The second-order valence-corrected chi connectivity index (χ2v) is 3.82. The largest absolute Gasteiger partial charge is 0.337 e. The summed E-state index contributed by atoms with van der Waals surface area (Å²) in [6.07, 6.45) is 7.56. The minimum atomic E-state index is 0.962. The monoisotopic (exact) mass is 202 g/mol. The molecule has 0 atom stereocenters. The number of nitrogens with zero attached hydrogens (tertiary/aromatic N) is 2. The number of rotatable bonds is 4. The molecule has 1 aromatic carbocycles. The first-order valence-corrected chi connectivity index (χ1v) is 5.46. The normalized spacial score (nSPS) is 11.0. The maximum absolute atomic E-state index is 5.70. The van der Waals surface area contributed by atoms with E-state index in [9.17, 15) is 0 Å². The van der Waals surface area contributed by atoms with Gasteiger partial charge in [0.05, 0.1) is 11.0 Å². The summed E-state index contributed by atoms with van der Waals surface area (Å²) in [5.74, 6) is 5.70. The first kappa shape index (κ1) is 10.0. The van der Waals surface area contributed by atoms with Crippen LogP contribution in [0.5, 0.6) is 0 Å². The zero-order valence-electron chi connectivity index (χ0n) is 9.03. The van der Waals surface area contributed by atoms with Crippen molar-refractivity contribution in [3.63, 3.8) is 0 Å². The molecule has 0 amide bonds. The summed E-state index contributed by atoms with van der Waals surface area (Å²) in [5.41, 5.74) is 3.24. The van der Waals surface area contributed by atoms with E-state index >= 15 is 0 Å². The number of nitrogens with two attached hydrogens (primary N) is 1. The molecule has 15 heavy (non-hydrogen) atoms. The summed E-state index contributed by atoms with van der Waals surface area (Å²) in [6.45, 7) is 2.21.